The van der Waals surface area contributed by atoms with Gasteiger partial charge in [-0.05, 0) is 62.9 Å². The van der Waals surface area contributed by atoms with Crippen LogP contribution in [0.4, 0.5) is 10.1 Å². The van der Waals surface area contributed by atoms with E-state index in [1.807, 2.05) is 32.9 Å². The van der Waals surface area contributed by atoms with Gasteiger partial charge in [0, 0.05) is 25.6 Å². The van der Waals surface area contributed by atoms with Gasteiger partial charge in [0.1, 0.15) is 11.9 Å². The molecule has 0 unspecified atom stereocenters. The fraction of sp³-hybridized carbons (Fsp3) is 0.462. The average molecular weight is 506 g/mol. The fourth-order valence-corrected chi connectivity index (χ4v) is 4.68. The van der Waals surface area contributed by atoms with Crippen LogP contribution in [0.15, 0.2) is 48.5 Å². The Morgan fingerprint density at radius 3 is 2.26 bits per heavy atom. The smallest absolute Gasteiger partial charge is 0.242 e. The number of nitrogens with one attached hydrogen (secondary N) is 1. The zero-order chi connectivity index (χ0) is 26.2. The summed E-state index contributed by atoms with van der Waals surface area (Å²) in [4.78, 5) is 27.5. The van der Waals surface area contributed by atoms with Crippen molar-refractivity contribution in [2.45, 2.75) is 65.6 Å². The van der Waals surface area contributed by atoms with Crippen molar-refractivity contribution in [1.29, 1.82) is 0 Å². The minimum Gasteiger partial charge on any atom is -0.352 e. The van der Waals surface area contributed by atoms with Gasteiger partial charge in [0.15, 0.2) is 0 Å². The van der Waals surface area contributed by atoms with Gasteiger partial charge in [-0.3, -0.25) is 13.9 Å². The molecular weight excluding hydrogens is 469 g/mol. The van der Waals surface area contributed by atoms with E-state index >= 15 is 0 Å². The quantitative estimate of drug-likeness (QED) is 0.472. The zero-order valence-electron chi connectivity index (χ0n) is 21.1. The molecule has 35 heavy (non-hydrogen) atoms. The van der Waals surface area contributed by atoms with Gasteiger partial charge in [0.2, 0.25) is 21.8 Å². The molecule has 0 aliphatic rings. The number of amides is 2. The van der Waals surface area contributed by atoms with Crippen molar-refractivity contribution < 1.29 is 22.4 Å². The Labute approximate surface area is 208 Å². The third kappa shape index (κ3) is 8.35. The van der Waals surface area contributed by atoms with Gasteiger partial charge in [0.25, 0.3) is 0 Å². The van der Waals surface area contributed by atoms with Crippen molar-refractivity contribution in [3.8, 4) is 0 Å². The molecule has 2 amide bonds. The molecule has 0 saturated heterocycles. The summed E-state index contributed by atoms with van der Waals surface area (Å²) in [5.74, 6) is -0.932. The highest BCUT2D eigenvalue weighted by atomic mass is 32.2. The third-order valence-electron chi connectivity index (χ3n) is 5.97. The number of rotatable bonds is 12. The molecule has 0 radical (unpaired) electrons. The summed E-state index contributed by atoms with van der Waals surface area (Å²) >= 11 is 0. The summed E-state index contributed by atoms with van der Waals surface area (Å²) in [5.41, 5.74) is 2.09. The molecule has 0 heterocycles. The summed E-state index contributed by atoms with van der Waals surface area (Å²) in [6, 6.07) is 12.2. The van der Waals surface area contributed by atoms with Crippen LogP contribution in [0.2, 0.25) is 0 Å². The lowest BCUT2D eigenvalue weighted by Crippen LogP contribution is -2.49. The molecule has 2 atom stereocenters. The number of anilines is 1. The van der Waals surface area contributed by atoms with E-state index < -0.39 is 16.1 Å². The number of carbonyl (C=O) groups excluding carboxylic acids is 2. The SMILES string of the molecule is CC[C@H](C)NC(=O)[C@H](C)N(Cc1ccc(F)cc1)C(=O)CCCN(c1ccccc1C)S(C)(=O)=O. The van der Waals surface area contributed by atoms with Gasteiger partial charge >= 0.3 is 0 Å². The van der Waals surface area contributed by atoms with E-state index in [1.54, 1.807) is 31.2 Å². The number of nitrogens with zero attached hydrogens (tertiary/aromatic N) is 2. The van der Waals surface area contributed by atoms with Crippen molar-refractivity contribution in [3.63, 3.8) is 0 Å². The van der Waals surface area contributed by atoms with E-state index in [9.17, 15) is 22.4 Å². The molecule has 2 aromatic rings. The molecule has 9 heteroatoms. The summed E-state index contributed by atoms with van der Waals surface area (Å²) in [7, 11) is -3.55. The molecule has 2 rings (SSSR count). The van der Waals surface area contributed by atoms with Crippen molar-refractivity contribution in [3.05, 3.63) is 65.5 Å². The van der Waals surface area contributed by atoms with Crippen LogP contribution in [-0.4, -0.2) is 50.0 Å². The first-order valence-corrected chi connectivity index (χ1v) is 13.7. The molecule has 0 aromatic heterocycles. The Bertz CT molecular complexity index is 1110. The molecule has 0 fully saturated rings. The molecule has 0 aliphatic heterocycles. The molecule has 0 spiro atoms. The second kappa shape index (κ2) is 12.7. The minimum absolute atomic E-state index is 0.0369. The number of sulfonamides is 1. The predicted molar refractivity (Wildman–Crippen MR) is 137 cm³/mol. The van der Waals surface area contributed by atoms with Crippen molar-refractivity contribution >= 4 is 27.5 Å². The maximum atomic E-state index is 13.4. The summed E-state index contributed by atoms with van der Waals surface area (Å²) < 4.78 is 39.5. The number of para-hydroxylation sites is 1. The monoisotopic (exact) mass is 505 g/mol. The van der Waals surface area contributed by atoms with Crippen LogP contribution in [-0.2, 0) is 26.2 Å². The molecule has 0 aliphatic carbocycles. The number of hydrogen-bond donors (Lipinski definition) is 1. The van der Waals surface area contributed by atoms with Gasteiger partial charge in [-0.25, -0.2) is 12.8 Å². The predicted octanol–water partition coefficient (Wildman–Crippen LogP) is 4.01. The first kappa shape index (κ1) is 28.3. The topological polar surface area (TPSA) is 86.8 Å². The first-order chi connectivity index (χ1) is 16.4. The lowest BCUT2D eigenvalue weighted by molar-refractivity contribution is -0.140. The fourth-order valence-electron chi connectivity index (χ4n) is 3.66. The average Bonchev–Trinajstić information content (AvgIpc) is 2.80. The van der Waals surface area contributed by atoms with Gasteiger partial charge < -0.3 is 10.2 Å². The number of benzene rings is 2. The summed E-state index contributed by atoms with van der Waals surface area (Å²) in [6.45, 7) is 7.62. The van der Waals surface area contributed by atoms with Gasteiger partial charge in [-0.1, -0.05) is 37.3 Å². The van der Waals surface area contributed by atoms with E-state index in [4.69, 9.17) is 0 Å². The van der Waals surface area contributed by atoms with Crippen molar-refractivity contribution in [1.82, 2.24) is 10.2 Å². The van der Waals surface area contributed by atoms with Crippen molar-refractivity contribution in [2.75, 3.05) is 17.1 Å². The van der Waals surface area contributed by atoms with E-state index in [0.29, 0.717) is 11.3 Å². The normalized spacial score (nSPS) is 13.1. The summed E-state index contributed by atoms with van der Waals surface area (Å²) in [6.07, 6.45) is 2.23. The Hall–Kier alpha value is -2.94. The lowest BCUT2D eigenvalue weighted by atomic mass is 10.1. The van der Waals surface area contributed by atoms with E-state index in [2.05, 4.69) is 5.32 Å². The van der Waals surface area contributed by atoms with E-state index in [0.717, 1.165) is 18.2 Å². The van der Waals surface area contributed by atoms with E-state index in [-0.39, 0.29) is 49.6 Å². The second-order valence-corrected chi connectivity index (χ2v) is 10.8. The molecule has 0 saturated carbocycles. The molecule has 1 N–H and O–H groups in total. The molecule has 2 aromatic carbocycles. The van der Waals surface area contributed by atoms with Gasteiger partial charge in [-0.2, -0.15) is 0 Å². The largest absolute Gasteiger partial charge is 0.352 e. The first-order valence-electron chi connectivity index (χ1n) is 11.8. The van der Waals surface area contributed by atoms with Crippen LogP contribution < -0.4 is 9.62 Å². The van der Waals surface area contributed by atoms with Gasteiger partial charge in [0.05, 0.1) is 11.9 Å². The van der Waals surface area contributed by atoms with Crippen molar-refractivity contribution in [2.24, 2.45) is 0 Å². The number of carbonyl (C=O) groups is 2. The Balaban J connectivity index is 2.17. The van der Waals surface area contributed by atoms with Crippen LogP contribution in [0.1, 0.15) is 51.2 Å². The van der Waals surface area contributed by atoms with Crippen LogP contribution in [0.3, 0.4) is 0 Å². The highest BCUT2D eigenvalue weighted by Crippen LogP contribution is 2.23. The maximum absolute atomic E-state index is 13.4. The highest BCUT2D eigenvalue weighted by Gasteiger charge is 2.27. The lowest BCUT2D eigenvalue weighted by Gasteiger charge is -2.30. The van der Waals surface area contributed by atoms with Gasteiger partial charge in [-0.15, -0.1) is 0 Å². The van der Waals surface area contributed by atoms with Crippen LogP contribution in [0.25, 0.3) is 0 Å². The second-order valence-electron chi connectivity index (χ2n) is 8.87. The molecule has 0 bridgehead atoms. The molecular formula is C26H36FN3O4S. The molecule has 7 nitrogen and oxygen atoms in total. The number of aryl methyl sites for hydroxylation is 1. The van der Waals surface area contributed by atoms with Crippen LogP contribution in [0, 0.1) is 12.7 Å². The Morgan fingerprint density at radius 1 is 1.06 bits per heavy atom. The maximum Gasteiger partial charge on any atom is 0.242 e. The number of hydrogen-bond acceptors (Lipinski definition) is 4. The molecule has 192 valence electrons. The zero-order valence-corrected chi connectivity index (χ0v) is 21.9. The minimum atomic E-state index is -3.55. The standard InChI is InChI=1S/C26H36FN3O4S/c1-6-20(3)28-26(32)21(4)29(18-22-13-15-23(27)16-14-22)25(31)12-9-17-30(35(5,33)34)24-11-8-7-10-19(24)2/h7-8,10-11,13-16,20-21H,6,9,12,17-18H2,1-5H3,(H,28,32)/t20-,21-/m0/s1. The Morgan fingerprint density at radius 2 is 1.69 bits per heavy atom. The summed E-state index contributed by atoms with van der Waals surface area (Å²) in [5, 5.41) is 2.90. The highest BCUT2D eigenvalue weighted by molar-refractivity contribution is 7.92. The van der Waals surface area contributed by atoms with Crippen LogP contribution in [0.5, 0.6) is 0 Å². The van der Waals surface area contributed by atoms with Crippen LogP contribution >= 0.6 is 0 Å². The Kier molecular flexibility index (Phi) is 10.2. The number of halogens is 1. The van der Waals surface area contributed by atoms with E-state index in [1.165, 1.54) is 21.3 Å². The third-order valence-corrected chi connectivity index (χ3v) is 7.15.